The van der Waals surface area contributed by atoms with Gasteiger partial charge in [0.05, 0.1) is 16.8 Å². The Morgan fingerprint density at radius 1 is 1.24 bits per heavy atom. The molecule has 8 nitrogen and oxygen atoms in total. The largest absolute Gasteiger partial charge is 0.365 e. The minimum atomic E-state index is -2.54. The van der Waals surface area contributed by atoms with E-state index in [2.05, 4.69) is 20.7 Å². The zero-order chi connectivity index (χ0) is 24.3. The fraction of sp³-hybridized carbons (Fsp3) is 0.409. The molecule has 0 aliphatic heterocycles. The molecular formula is C22H28F3N7O. The topological polar surface area (TPSA) is 124 Å². The number of amides is 1. The molecule has 0 saturated heterocycles. The summed E-state index contributed by atoms with van der Waals surface area (Å²) in [4.78, 5) is 16.2. The minimum absolute atomic E-state index is 0.0553. The van der Waals surface area contributed by atoms with Crippen molar-refractivity contribution in [1.82, 2.24) is 14.8 Å². The number of carbonyl (C=O) groups excluding carboxylic acids is 1. The first kappa shape index (κ1) is 24.3. The minimum Gasteiger partial charge on any atom is -0.365 e. The van der Waals surface area contributed by atoms with Gasteiger partial charge in [-0.3, -0.25) is 9.48 Å². The van der Waals surface area contributed by atoms with Gasteiger partial charge in [0.25, 0.3) is 12.3 Å². The van der Waals surface area contributed by atoms with Crippen LogP contribution in [0.3, 0.4) is 0 Å². The van der Waals surface area contributed by atoms with Crippen molar-refractivity contribution in [3.8, 4) is 0 Å². The van der Waals surface area contributed by atoms with Gasteiger partial charge in [-0.25, -0.2) is 18.2 Å². The summed E-state index contributed by atoms with van der Waals surface area (Å²) in [5.41, 5.74) is 12.9. The quantitative estimate of drug-likeness (QED) is 0.361. The third kappa shape index (κ3) is 5.54. The van der Waals surface area contributed by atoms with Crippen molar-refractivity contribution in [1.29, 1.82) is 0 Å². The summed E-state index contributed by atoms with van der Waals surface area (Å²) >= 11 is 0. The third-order valence-corrected chi connectivity index (χ3v) is 5.31. The van der Waals surface area contributed by atoms with Crippen LogP contribution in [-0.4, -0.2) is 39.2 Å². The SMILES string of the molecule is CCC[C@@H](Nc1nc(Nc2ccc3c(c2)c(C)nn3CC(F)F)c(C(N)=O)cc1F)[C@H](C)N. The van der Waals surface area contributed by atoms with Crippen LogP contribution in [0, 0.1) is 12.7 Å². The van der Waals surface area contributed by atoms with Gasteiger partial charge < -0.3 is 22.1 Å². The van der Waals surface area contributed by atoms with Crippen molar-refractivity contribution in [2.45, 2.75) is 58.7 Å². The van der Waals surface area contributed by atoms with Gasteiger partial charge in [0.15, 0.2) is 11.6 Å². The number of aryl methyl sites for hydroxylation is 1. The molecule has 3 aromatic rings. The van der Waals surface area contributed by atoms with E-state index in [1.54, 1.807) is 25.1 Å². The van der Waals surface area contributed by atoms with Crippen molar-refractivity contribution in [3.05, 3.63) is 41.3 Å². The molecule has 6 N–H and O–H groups in total. The molecule has 2 heterocycles. The maximum absolute atomic E-state index is 14.7. The summed E-state index contributed by atoms with van der Waals surface area (Å²) in [6, 6.07) is 5.52. The standard InChI is InChI=1S/C22H28F3N7O/c1-4-5-17(11(2)26)29-22-16(23)9-15(20(27)33)21(30-22)28-13-6-7-18-14(8-13)12(3)31-32(18)10-19(24)25/h6-9,11,17,19H,4-5,10,26H2,1-3H3,(H2,27,33)(H2,28,29,30)/t11-,17+/m0/s1. The summed E-state index contributed by atoms with van der Waals surface area (Å²) in [5, 5.41) is 10.8. The fourth-order valence-electron chi connectivity index (χ4n) is 3.65. The van der Waals surface area contributed by atoms with Crippen LogP contribution < -0.4 is 22.1 Å². The van der Waals surface area contributed by atoms with Crippen LogP contribution in [-0.2, 0) is 6.54 Å². The van der Waals surface area contributed by atoms with Gasteiger partial charge in [0, 0.05) is 23.2 Å². The average molecular weight is 464 g/mol. The first-order valence-electron chi connectivity index (χ1n) is 10.7. The van der Waals surface area contributed by atoms with Crippen LogP contribution in [0.5, 0.6) is 0 Å². The molecule has 3 rings (SSSR count). The van der Waals surface area contributed by atoms with E-state index in [0.717, 1.165) is 12.5 Å². The number of hydrogen-bond acceptors (Lipinski definition) is 6. The Hall–Kier alpha value is -3.34. The molecule has 11 heteroatoms. The number of fused-ring (bicyclic) bond motifs is 1. The molecule has 0 unspecified atom stereocenters. The normalized spacial score (nSPS) is 13.3. The molecular weight excluding hydrogens is 435 g/mol. The molecule has 1 amide bonds. The van der Waals surface area contributed by atoms with Crippen molar-refractivity contribution in [2.24, 2.45) is 11.5 Å². The number of halogens is 3. The summed E-state index contributed by atoms with van der Waals surface area (Å²) in [5.74, 6) is -1.58. The molecule has 33 heavy (non-hydrogen) atoms. The molecule has 0 aliphatic carbocycles. The fourth-order valence-corrected chi connectivity index (χ4v) is 3.65. The zero-order valence-corrected chi connectivity index (χ0v) is 18.7. The van der Waals surface area contributed by atoms with Gasteiger partial charge in [-0.15, -0.1) is 0 Å². The van der Waals surface area contributed by atoms with Gasteiger partial charge in [0.1, 0.15) is 12.4 Å². The molecule has 0 radical (unpaired) electrons. The second-order valence-electron chi connectivity index (χ2n) is 7.99. The smallest absolute Gasteiger partial charge is 0.257 e. The molecule has 0 aliphatic rings. The highest BCUT2D eigenvalue weighted by molar-refractivity contribution is 5.99. The van der Waals surface area contributed by atoms with Crippen molar-refractivity contribution in [3.63, 3.8) is 0 Å². The maximum Gasteiger partial charge on any atom is 0.257 e. The Morgan fingerprint density at radius 2 is 1.97 bits per heavy atom. The Balaban J connectivity index is 1.98. The van der Waals surface area contributed by atoms with Crippen LogP contribution in [0.1, 0.15) is 42.7 Å². The van der Waals surface area contributed by atoms with E-state index in [9.17, 15) is 18.0 Å². The maximum atomic E-state index is 14.7. The molecule has 0 saturated carbocycles. The summed E-state index contributed by atoms with van der Waals surface area (Å²) < 4.78 is 41.6. The first-order valence-corrected chi connectivity index (χ1v) is 10.7. The summed E-state index contributed by atoms with van der Waals surface area (Å²) in [6.45, 7) is 5.00. The number of anilines is 3. The van der Waals surface area contributed by atoms with Gasteiger partial charge in [-0.1, -0.05) is 13.3 Å². The van der Waals surface area contributed by atoms with Gasteiger partial charge in [-0.05, 0) is 44.5 Å². The van der Waals surface area contributed by atoms with E-state index in [1.165, 1.54) is 4.68 Å². The van der Waals surface area contributed by atoms with Gasteiger partial charge in [-0.2, -0.15) is 5.10 Å². The highest BCUT2D eigenvalue weighted by Crippen LogP contribution is 2.28. The number of pyridine rings is 1. The average Bonchev–Trinajstić information content (AvgIpc) is 3.03. The van der Waals surface area contributed by atoms with Crippen LogP contribution >= 0.6 is 0 Å². The van der Waals surface area contributed by atoms with Crippen molar-refractivity contribution < 1.29 is 18.0 Å². The van der Waals surface area contributed by atoms with Crippen molar-refractivity contribution >= 4 is 34.1 Å². The second kappa shape index (κ2) is 10.1. The van der Waals surface area contributed by atoms with Crippen LogP contribution in [0.4, 0.5) is 30.5 Å². The van der Waals surface area contributed by atoms with E-state index in [0.29, 0.717) is 28.7 Å². The van der Waals surface area contributed by atoms with Crippen LogP contribution in [0.15, 0.2) is 24.3 Å². The Bertz CT molecular complexity index is 1150. The second-order valence-corrected chi connectivity index (χ2v) is 7.99. The Morgan fingerprint density at radius 3 is 2.58 bits per heavy atom. The monoisotopic (exact) mass is 463 g/mol. The van der Waals surface area contributed by atoms with E-state index >= 15 is 0 Å². The van der Waals surface area contributed by atoms with Gasteiger partial charge >= 0.3 is 0 Å². The number of alkyl halides is 2. The third-order valence-electron chi connectivity index (χ3n) is 5.31. The number of primary amides is 1. The number of nitrogens with one attached hydrogen (secondary N) is 2. The molecule has 178 valence electrons. The lowest BCUT2D eigenvalue weighted by Gasteiger charge is -2.23. The van der Waals surface area contributed by atoms with E-state index in [1.807, 2.05) is 13.8 Å². The van der Waals surface area contributed by atoms with Crippen LogP contribution in [0.25, 0.3) is 10.9 Å². The molecule has 2 atom stereocenters. The number of nitrogens with two attached hydrogens (primary N) is 2. The number of hydrogen-bond donors (Lipinski definition) is 4. The number of benzene rings is 1. The number of nitrogens with zero attached hydrogens (tertiary/aromatic N) is 3. The van der Waals surface area contributed by atoms with Crippen LogP contribution in [0.2, 0.25) is 0 Å². The molecule has 0 spiro atoms. The van der Waals surface area contributed by atoms with E-state index in [-0.39, 0.29) is 29.3 Å². The Labute approximate surface area is 189 Å². The highest BCUT2D eigenvalue weighted by atomic mass is 19.3. The van der Waals surface area contributed by atoms with E-state index in [4.69, 9.17) is 11.5 Å². The lowest BCUT2D eigenvalue weighted by Crippen LogP contribution is -2.38. The lowest BCUT2D eigenvalue weighted by molar-refractivity contribution is 0.1000. The number of aromatic nitrogens is 3. The summed E-state index contributed by atoms with van der Waals surface area (Å²) in [6.07, 6.45) is -0.993. The molecule has 0 bridgehead atoms. The number of carbonyl (C=O) groups is 1. The van der Waals surface area contributed by atoms with E-state index < -0.39 is 24.7 Å². The highest BCUT2D eigenvalue weighted by Gasteiger charge is 2.20. The molecule has 0 fully saturated rings. The zero-order valence-electron chi connectivity index (χ0n) is 18.7. The predicted octanol–water partition coefficient (Wildman–Crippen LogP) is 3.91. The Kier molecular flexibility index (Phi) is 7.42. The first-order chi connectivity index (χ1) is 15.6. The molecule has 1 aromatic carbocycles. The number of rotatable bonds is 10. The van der Waals surface area contributed by atoms with Gasteiger partial charge in [0.2, 0.25) is 0 Å². The van der Waals surface area contributed by atoms with Crippen molar-refractivity contribution in [2.75, 3.05) is 10.6 Å². The molecule has 2 aromatic heterocycles. The predicted molar refractivity (Wildman–Crippen MR) is 122 cm³/mol. The summed E-state index contributed by atoms with van der Waals surface area (Å²) in [7, 11) is 0. The lowest BCUT2D eigenvalue weighted by atomic mass is 10.1.